The molecule has 24 heavy (non-hydrogen) atoms. The van der Waals surface area contributed by atoms with Gasteiger partial charge in [0.1, 0.15) is 5.82 Å². The van der Waals surface area contributed by atoms with Gasteiger partial charge in [-0.25, -0.2) is 9.38 Å². The quantitative estimate of drug-likeness (QED) is 0.600. The van der Waals surface area contributed by atoms with Crippen LogP contribution in [0.2, 0.25) is 0 Å². The first kappa shape index (κ1) is 18.2. The Kier molecular flexibility index (Phi) is 6.99. The van der Waals surface area contributed by atoms with E-state index in [1.807, 2.05) is 0 Å². The Hall–Kier alpha value is -2.15. The van der Waals surface area contributed by atoms with Crippen molar-refractivity contribution in [3.63, 3.8) is 0 Å². The fourth-order valence-corrected chi connectivity index (χ4v) is 2.24. The monoisotopic (exact) mass is 336 g/mol. The first-order valence-corrected chi connectivity index (χ1v) is 8.09. The highest BCUT2D eigenvalue weighted by atomic mass is 19.1. The van der Waals surface area contributed by atoms with E-state index in [1.54, 1.807) is 26.2 Å². The maximum atomic E-state index is 12.9. The highest BCUT2D eigenvalue weighted by molar-refractivity contribution is 5.86. The van der Waals surface area contributed by atoms with Crippen LogP contribution in [0, 0.1) is 11.7 Å². The third-order valence-electron chi connectivity index (χ3n) is 3.82. The minimum Gasteiger partial charge on any atom is -0.381 e. The van der Waals surface area contributed by atoms with Gasteiger partial charge in [0.2, 0.25) is 5.91 Å². The van der Waals surface area contributed by atoms with Crippen molar-refractivity contribution < 1.29 is 13.9 Å². The van der Waals surface area contributed by atoms with Crippen molar-refractivity contribution in [1.29, 1.82) is 0 Å². The van der Waals surface area contributed by atoms with E-state index in [0.717, 1.165) is 31.7 Å². The number of rotatable bonds is 6. The summed E-state index contributed by atoms with van der Waals surface area (Å²) in [5.41, 5.74) is 0.903. The molecule has 2 rings (SSSR count). The highest BCUT2D eigenvalue weighted by Gasteiger charge is 2.16. The second-order valence-electron chi connectivity index (χ2n) is 6.04. The van der Waals surface area contributed by atoms with Crippen molar-refractivity contribution in [2.45, 2.75) is 13.0 Å². The van der Waals surface area contributed by atoms with E-state index >= 15 is 0 Å². The Bertz CT molecular complexity index is 554. The second kappa shape index (κ2) is 9.22. The number of halogens is 1. The van der Waals surface area contributed by atoms with Gasteiger partial charge in [0.25, 0.3) is 0 Å². The molecule has 2 N–H and O–H groups in total. The van der Waals surface area contributed by atoms with E-state index < -0.39 is 0 Å². The second-order valence-corrected chi connectivity index (χ2v) is 6.04. The summed E-state index contributed by atoms with van der Waals surface area (Å²) in [6.45, 7) is 2.86. The number of nitrogens with one attached hydrogen (secondary N) is 2. The summed E-state index contributed by atoms with van der Waals surface area (Å²) in [6.07, 6.45) is 1.02. The van der Waals surface area contributed by atoms with Gasteiger partial charge in [-0.15, -0.1) is 0 Å². The van der Waals surface area contributed by atoms with Crippen molar-refractivity contribution in [3.05, 3.63) is 35.6 Å². The fraction of sp³-hybridized carbons (Fsp3) is 0.529. The van der Waals surface area contributed by atoms with Gasteiger partial charge < -0.3 is 20.3 Å². The lowest BCUT2D eigenvalue weighted by Gasteiger charge is -2.16. The van der Waals surface area contributed by atoms with Crippen LogP contribution in [0.1, 0.15) is 12.0 Å². The van der Waals surface area contributed by atoms with Crippen LogP contribution in [0.3, 0.4) is 0 Å². The lowest BCUT2D eigenvalue weighted by atomic mass is 10.1. The van der Waals surface area contributed by atoms with Gasteiger partial charge in [0.05, 0.1) is 19.7 Å². The number of hydrogen-bond donors (Lipinski definition) is 2. The molecular formula is C17H25FN4O2. The largest absolute Gasteiger partial charge is 0.381 e. The Balaban J connectivity index is 1.92. The summed E-state index contributed by atoms with van der Waals surface area (Å²) >= 11 is 0. The molecule has 0 radical (unpaired) electrons. The van der Waals surface area contributed by atoms with E-state index in [0.29, 0.717) is 18.4 Å². The molecule has 1 atom stereocenters. The molecular weight excluding hydrogens is 311 g/mol. The molecule has 0 aromatic heterocycles. The summed E-state index contributed by atoms with van der Waals surface area (Å²) in [5, 5.41) is 6.29. The van der Waals surface area contributed by atoms with E-state index in [2.05, 4.69) is 15.6 Å². The average Bonchev–Trinajstić information content (AvgIpc) is 3.08. The molecule has 1 unspecified atom stereocenters. The molecule has 1 aromatic carbocycles. The van der Waals surface area contributed by atoms with E-state index in [-0.39, 0.29) is 18.3 Å². The van der Waals surface area contributed by atoms with Gasteiger partial charge in [-0.2, -0.15) is 0 Å². The SMILES string of the molecule is CN(C)C(=O)CNC(=NCc1ccc(F)cc1)NCC1CCOC1. The predicted octanol–water partition coefficient (Wildman–Crippen LogP) is 0.986. The molecule has 1 heterocycles. The number of likely N-dealkylation sites (N-methyl/N-ethyl adjacent to an activating group) is 1. The molecule has 0 bridgehead atoms. The zero-order valence-electron chi connectivity index (χ0n) is 14.2. The van der Waals surface area contributed by atoms with Crippen LogP contribution in [-0.2, 0) is 16.1 Å². The Labute approximate surface area is 142 Å². The zero-order valence-corrected chi connectivity index (χ0v) is 14.2. The molecule has 1 fully saturated rings. The standard InChI is InChI=1S/C17H25FN4O2/c1-22(2)16(23)11-21-17(20-10-14-7-8-24-12-14)19-9-13-3-5-15(18)6-4-13/h3-6,14H,7-12H2,1-2H3,(H2,19,20,21). The van der Waals surface area contributed by atoms with Gasteiger partial charge >= 0.3 is 0 Å². The van der Waals surface area contributed by atoms with Gasteiger partial charge in [-0.3, -0.25) is 4.79 Å². The van der Waals surface area contributed by atoms with Crippen molar-refractivity contribution in [1.82, 2.24) is 15.5 Å². The molecule has 1 amide bonds. The molecule has 1 aliphatic heterocycles. The fourth-order valence-electron chi connectivity index (χ4n) is 2.24. The predicted molar refractivity (Wildman–Crippen MR) is 91.2 cm³/mol. The third kappa shape index (κ3) is 6.16. The van der Waals surface area contributed by atoms with Crippen molar-refractivity contribution in [2.75, 3.05) is 40.4 Å². The van der Waals surface area contributed by atoms with Crippen LogP contribution in [0.5, 0.6) is 0 Å². The zero-order chi connectivity index (χ0) is 17.4. The van der Waals surface area contributed by atoms with Crippen molar-refractivity contribution >= 4 is 11.9 Å². The maximum absolute atomic E-state index is 12.9. The number of ether oxygens (including phenoxy) is 1. The maximum Gasteiger partial charge on any atom is 0.241 e. The molecule has 0 spiro atoms. The lowest BCUT2D eigenvalue weighted by molar-refractivity contribution is -0.127. The smallest absolute Gasteiger partial charge is 0.241 e. The topological polar surface area (TPSA) is 66.0 Å². The Morgan fingerprint density at radius 1 is 1.33 bits per heavy atom. The van der Waals surface area contributed by atoms with Crippen LogP contribution in [0.4, 0.5) is 4.39 Å². The minimum absolute atomic E-state index is 0.0320. The number of guanidine groups is 1. The molecule has 0 aliphatic carbocycles. The van der Waals surface area contributed by atoms with Crippen LogP contribution in [-0.4, -0.2) is 57.2 Å². The molecule has 1 saturated heterocycles. The van der Waals surface area contributed by atoms with E-state index in [9.17, 15) is 9.18 Å². The molecule has 1 aliphatic rings. The highest BCUT2D eigenvalue weighted by Crippen LogP contribution is 2.10. The van der Waals surface area contributed by atoms with Gasteiger partial charge in [0, 0.05) is 33.2 Å². The molecule has 1 aromatic rings. The third-order valence-corrected chi connectivity index (χ3v) is 3.82. The number of amides is 1. The number of hydrogen-bond acceptors (Lipinski definition) is 3. The molecule has 0 saturated carbocycles. The molecule has 132 valence electrons. The number of benzene rings is 1. The van der Waals surface area contributed by atoms with Crippen molar-refractivity contribution in [3.8, 4) is 0 Å². The number of aliphatic imine (C=N–C) groups is 1. The summed E-state index contributed by atoms with van der Waals surface area (Å²) in [4.78, 5) is 17.7. The summed E-state index contributed by atoms with van der Waals surface area (Å²) < 4.78 is 18.3. The first-order valence-electron chi connectivity index (χ1n) is 8.09. The van der Waals surface area contributed by atoms with Gasteiger partial charge in [-0.05, 0) is 24.1 Å². The van der Waals surface area contributed by atoms with Crippen LogP contribution in [0.15, 0.2) is 29.3 Å². The van der Waals surface area contributed by atoms with Crippen LogP contribution >= 0.6 is 0 Å². The molecule has 6 nitrogen and oxygen atoms in total. The summed E-state index contributed by atoms with van der Waals surface area (Å²) in [6, 6.07) is 6.23. The van der Waals surface area contributed by atoms with Crippen molar-refractivity contribution in [2.24, 2.45) is 10.9 Å². The summed E-state index contributed by atoms with van der Waals surface area (Å²) in [5.74, 6) is 0.723. The normalized spacial score (nSPS) is 17.6. The number of nitrogens with zero attached hydrogens (tertiary/aromatic N) is 2. The first-order chi connectivity index (χ1) is 11.5. The molecule has 7 heteroatoms. The Morgan fingerprint density at radius 2 is 2.08 bits per heavy atom. The average molecular weight is 336 g/mol. The van der Waals surface area contributed by atoms with Crippen LogP contribution < -0.4 is 10.6 Å². The van der Waals surface area contributed by atoms with Crippen LogP contribution in [0.25, 0.3) is 0 Å². The van der Waals surface area contributed by atoms with E-state index in [1.165, 1.54) is 17.0 Å². The van der Waals surface area contributed by atoms with Gasteiger partial charge in [0.15, 0.2) is 5.96 Å². The minimum atomic E-state index is -0.267. The lowest BCUT2D eigenvalue weighted by Crippen LogP contribution is -2.44. The number of carbonyl (C=O) groups is 1. The number of carbonyl (C=O) groups excluding carboxylic acids is 1. The van der Waals surface area contributed by atoms with Gasteiger partial charge in [-0.1, -0.05) is 12.1 Å². The summed E-state index contributed by atoms with van der Waals surface area (Å²) in [7, 11) is 3.42. The van der Waals surface area contributed by atoms with E-state index in [4.69, 9.17) is 4.74 Å². The Morgan fingerprint density at radius 3 is 2.71 bits per heavy atom.